The molecule has 2 fully saturated rings. The molecule has 4 rings (SSSR count). The molecule has 7 heteroatoms. The number of carbonyl (C=O) groups is 1. The van der Waals surface area contributed by atoms with Crippen LogP contribution in [0.15, 0.2) is 22.7 Å². The third-order valence-electron chi connectivity index (χ3n) is 5.94. The van der Waals surface area contributed by atoms with Crippen molar-refractivity contribution in [2.24, 2.45) is 0 Å². The monoisotopic (exact) mass is 418 g/mol. The Morgan fingerprint density at radius 2 is 1.96 bits per heavy atom. The van der Waals surface area contributed by atoms with Crippen LogP contribution in [0.2, 0.25) is 0 Å². The second-order valence-electron chi connectivity index (χ2n) is 8.07. The first-order valence-corrected chi connectivity index (χ1v) is 12.4. The van der Waals surface area contributed by atoms with Crippen molar-refractivity contribution in [1.82, 2.24) is 20.1 Å². The van der Waals surface area contributed by atoms with E-state index in [1.165, 1.54) is 49.8 Å². The fourth-order valence-electron chi connectivity index (χ4n) is 4.38. The first kappa shape index (κ1) is 20.0. The minimum Gasteiger partial charge on any atom is -0.352 e. The van der Waals surface area contributed by atoms with Crippen LogP contribution in [0.4, 0.5) is 0 Å². The molecule has 0 aromatic carbocycles. The first-order valence-electron chi connectivity index (χ1n) is 10.6. The summed E-state index contributed by atoms with van der Waals surface area (Å²) in [5.41, 5.74) is 0. The smallest absolute Gasteiger partial charge is 0.233 e. The van der Waals surface area contributed by atoms with Crippen LogP contribution in [0, 0.1) is 0 Å². The molecule has 1 N–H and O–H groups in total. The van der Waals surface area contributed by atoms with Gasteiger partial charge in [-0.3, -0.25) is 4.79 Å². The number of rotatable bonds is 7. The summed E-state index contributed by atoms with van der Waals surface area (Å²) in [6.07, 6.45) is 11.7. The van der Waals surface area contributed by atoms with E-state index < -0.39 is 0 Å². The minimum atomic E-state index is -0.151. The SMILES string of the molecule is CC(Sc1nnc(Cc2cccs2)n1C1CCCCC1)C(=O)NC1CCCC1. The Bertz CT molecular complexity index is 761. The Hall–Kier alpha value is -1.34. The van der Waals surface area contributed by atoms with E-state index in [9.17, 15) is 4.79 Å². The zero-order valence-corrected chi connectivity index (χ0v) is 18.2. The van der Waals surface area contributed by atoms with Crippen LogP contribution in [0.3, 0.4) is 0 Å². The van der Waals surface area contributed by atoms with E-state index in [4.69, 9.17) is 0 Å². The number of carbonyl (C=O) groups excluding carboxylic acids is 1. The Labute approximate surface area is 175 Å². The van der Waals surface area contributed by atoms with Gasteiger partial charge in [-0.15, -0.1) is 21.5 Å². The van der Waals surface area contributed by atoms with E-state index in [1.807, 2.05) is 6.92 Å². The zero-order valence-electron chi connectivity index (χ0n) is 16.6. The van der Waals surface area contributed by atoms with Gasteiger partial charge in [0, 0.05) is 23.4 Å². The highest BCUT2D eigenvalue weighted by molar-refractivity contribution is 8.00. The van der Waals surface area contributed by atoms with E-state index in [0.717, 1.165) is 30.2 Å². The van der Waals surface area contributed by atoms with Gasteiger partial charge < -0.3 is 9.88 Å². The van der Waals surface area contributed by atoms with Gasteiger partial charge in [0.1, 0.15) is 5.82 Å². The van der Waals surface area contributed by atoms with Crippen molar-refractivity contribution < 1.29 is 4.79 Å². The number of aromatic nitrogens is 3. The van der Waals surface area contributed by atoms with Gasteiger partial charge in [0.25, 0.3) is 0 Å². The van der Waals surface area contributed by atoms with Crippen LogP contribution in [0.25, 0.3) is 0 Å². The molecule has 1 unspecified atom stereocenters. The lowest BCUT2D eigenvalue weighted by atomic mass is 9.95. The van der Waals surface area contributed by atoms with E-state index in [2.05, 4.69) is 37.6 Å². The second kappa shape index (κ2) is 9.44. The lowest BCUT2D eigenvalue weighted by molar-refractivity contribution is -0.120. The molecular weight excluding hydrogens is 388 g/mol. The van der Waals surface area contributed by atoms with E-state index in [0.29, 0.717) is 12.1 Å². The van der Waals surface area contributed by atoms with Crippen LogP contribution in [0.1, 0.15) is 81.5 Å². The number of hydrogen-bond donors (Lipinski definition) is 1. The summed E-state index contributed by atoms with van der Waals surface area (Å²) >= 11 is 3.34. The standard InChI is InChI=1S/C21H30N4OS2/c1-15(20(26)22-16-8-5-6-9-16)28-21-24-23-19(14-18-12-7-13-27-18)25(21)17-10-3-2-4-11-17/h7,12-13,15-17H,2-6,8-11,14H2,1H3,(H,22,26). The molecule has 0 aliphatic heterocycles. The number of thioether (sulfide) groups is 1. The van der Waals surface area contributed by atoms with Gasteiger partial charge >= 0.3 is 0 Å². The number of thiophene rings is 1. The normalized spacial score (nSPS) is 19.8. The van der Waals surface area contributed by atoms with Gasteiger partial charge in [0.15, 0.2) is 5.16 Å². The van der Waals surface area contributed by atoms with Crippen molar-refractivity contribution in [1.29, 1.82) is 0 Å². The highest BCUT2D eigenvalue weighted by atomic mass is 32.2. The molecule has 5 nitrogen and oxygen atoms in total. The van der Waals surface area contributed by atoms with E-state index >= 15 is 0 Å². The van der Waals surface area contributed by atoms with Crippen molar-refractivity contribution in [2.75, 3.05) is 0 Å². The summed E-state index contributed by atoms with van der Waals surface area (Å²) < 4.78 is 2.35. The Balaban J connectivity index is 1.50. The maximum atomic E-state index is 12.7. The summed E-state index contributed by atoms with van der Waals surface area (Å²) in [5.74, 6) is 1.18. The van der Waals surface area contributed by atoms with Crippen molar-refractivity contribution in [3.05, 3.63) is 28.2 Å². The summed E-state index contributed by atoms with van der Waals surface area (Å²) in [6.45, 7) is 1.99. The summed E-state index contributed by atoms with van der Waals surface area (Å²) in [5, 5.41) is 15.2. The molecular formula is C21H30N4OS2. The quantitative estimate of drug-likeness (QED) is 0.645. The lowest BCUT2D eigenvalue weighted by Crippen LogP contribution is -2.37. The largest absolute Gasteiger partial charge is 0.352 e. The molecule has 0 spiro atoms. The third kappa shape index (κ3) is 4.79. The summed E-state index contributed by atoms with van der Waals surface area (Å²) in [4.78, 5) is 14.0. The molecule has 1 amide bonds. The highest BCUT2D eigenvalue weighted by Crippen LogP contribution is 2.34. The Morgan fingerprint density at radius 3 is 2.68 bits per heavy atom. The molecule has 2 aromatic rings. The molecule has 152 valence electrons. The molecule has 1 atom stereocenters. The predicted octanol–water partition coefficient (Wildman–Crippen LogP) is 4.98. The predicted molar refractivity (Wildman–Crippen MR) is 115 cm³/mol. The van der Waals surface area contributed by atoms with Crippen LogP contribution in [-0.4, -0.2) is 32.0 Å². The average molecular weight is 419 g/mol. The van der Waals surface area contributed by atoms with Crippen molar-refractivity contribution in [3.8, 4) is 0 Å². The van der Waals surface area contributed by atoms with E-state index in [-0.39, 0.29) is 11.2 Å². The molecule has 28 heavy (non-hydrogen) atoms. The topological polar surface area (TPSA) is 59.8 Å². The Kier molecular flexibility index (Phi) is 6.73. The molecule has 2 aliphatic carbocycles. The molecule has 0 radical (unpaired) electrons. The first-order chi connectivity index (χ1) is 13.7. The van der Waals surface area contributed by atoms with Crippen LogP contribution in [0.5, 0.6) is 0 Å². The van der Waals surface area contributed by atoms with Gasteiger partial charge in [0.2, 0.25) is 5.91 Å². The van der Waals surface area contributed by atoms with Gasteiger partial charge in [-0.1, -0.05) is 49.9 Å². The molecule has 0 bridgehead atoms. The van der Waals surface area contributed by atoms with Crippen LogP contribution in [-0.2, 0) is 11.2 Å². The summed E-state index contributed by atoms with van der Waals surface area (Å²) in [7, 11) is 0. The van der Waals surface area contributed by atoms with Crippen molar-refractivity contribution in [3.63, 3.8) is 0 Å². The van der Waals surface area contributed by atoms with Gasteiger partial charge in [-0.25, -0.2) is 0 Å². The van der Waals surface area contributed by atoms with Gasteiger partial charge in [-0.05, 0) is 44.1 Å². The van der Waals surface area contributed by atoms with Crippen molar-refractivity contribution in [2.45, 2.75) is 93.6 Å². The average Bonchev–Trinajstić information content (AvgIpc) is 3.46. The molecule has 2 heterocycles. The maximum absolute atomic E-state index is 12.7. The summed E-state index contributed by atoms with van der Waals surface area (Å²) in [6, 6.07) is 5.08. The molecule has 2 saturated carbocycles. The maximum Gasteiger partial charge on any atom is 0.233 e. The molecule has 0 saturated heterocycles. The third-order valence-corrected chi connectivity index (χ3v) is 7.87. The zero-order chi connectivity index (χ0) is 19.3. The van der Waals surface area contributed by atoms with Crippen molar-refractivity contribution >= 4 is 29.0 Å². The lowest BCUT2D eigenvalue weighted by Gasteiger charge is -2.26. The van der Waals surface area contributed by atoms with Gasteiger partial charge in [0.05, 0.1) is 5.25 Å². The number of nitrogens with zero attached hydrogens (tertiary/aromatic N) is 3. The molecule has 2 aromatic heterocycles. The fourth-order valence-corrected chi connectivity index (χ4v) is 6.03. The van der Waals surface area contributed by atoms with Crippen LogP contribution < -0.4 is 5.32 Å². The highest BCUT2D eigenvalue weighted by Gasteiger charge is 2.27. The Morgan fingerprint density at radius 1 is 1.21 bits per heavy atom. The minimum absolute atomic E-state index is 0.134. The number of amides is 1. The van der Waals surface area contributed by atoms with Gasteiger partial charge in [-0.2, -0.15) is 0 Å². The second-order valence-corrected chi connectivity index (χ2v) is 10.4. The number of hydrogen-bond acceptors (Lipinski definition) is 5. The fraction of sp³-hybridized carbons (Fsp3) is 0.667. The molecule has 2 aliphatic rings. The van der Waals surface area contributed by atoms with E-state index in [1.54, 1.807) is 23.1 Å². The number of nitrogens with one attached hydrogen (secondary N) is 1. The van der Waals surface area contributed by atoms with Crippen LogP contribution >= 0.6 is 23.1 Å².